The highest BCUT2D eigenvalue weighted by Crippen LogP contribution is 2.42. The van der Waals surface area contributed by atoms with Crippen LogP contribution in [0, 0.1) is 0 Å². The monoisotopic (exact) mass is 555 g/mol. The van der Waals surface area contributed by atoms with Gasteiger partial charge in [-0.2, -0.15) is 11.8 Å². The average molecular weight is 556 g/mol. The summed E-state index contributed by atoms with van der Waals surface area (Å²) in [4.78, 5) is 7.37. The first-order valence-corrected chi connectivity index (χ1v) is 12.7. The number of guanidine groups is 1. The summed E-state index contributed by atoms with van der Waals surface area (Å²) in [5.41, 5.74) is 0. The van der Waals surface area contributed by atoms with Gasteiger partial charge in [0.2, 0.25) is 10.0 Å². The van der Waals surface area contributed by atoms with Gasteiger partial charge in [-0.3, -0.25) is 4.99 Å². The van der Waals surface area contributed by atoms with Crippen molar-refractivity contribution in [3.05, 3.63) is 18.5 Å². The lowest BCUT2D eigenvalue weighted by Gasteiger charge is -2.45. The molecule has 7 nitrogen and oxygen atoms in total. The van der Waals surface area contributed by atoms with Gasteiger partial charge in [0, 0.05) is 56.1 Å². The summed E-state index contributed by atoms with van der Waals surface area (Å²) in [6.45, 7) is 5.63. The van der Waals surface area contributed by atoms with Crippen molar-refractivity contribution in [2.75, 3.05) is 38.5 Å². The van der Waals surface area contributed by atoms with Gasteiger partial charge < -0.3 is 14.8 Å². The number of nitrogens with zero attached hydrogens (tertiary/aromatic N) is 3. The van der Waals surface area contributed by atoms with Gasteiger partial charge in [-0.15, -0.1) is 24.0 Å². The van der Waals surface area contributed by atoms with Gasteiger partial charge in [0.1, 0.15) is 0 Å². The van der Waals surface area contributed by atoms with E-state index in [4.69, 9.17) is 4.99 Å². The topological polar surface area (TPSA) is 78.7 Å². The van der Waals surface area contributed by atoms with Crippen molar-refractivity contribution in [3.8, 4) is 0 Å². The lowest BCUT2D eigenvalue weighted by molar-refractivity contribution is 0.293. The van der Waals surface area contributed by atoms with Gasteiger partial charge in [-0.25, -0.2) is 13.1 Å². The molecule has 1 aliphatic heterocycles. The number of aromatic nitrogens is 1. The van der Waals surface area contributed by atoms with E-state index in [1.807, 2.05) is 7.05 Å². The fourth-order valence-electron chi connectivity index (χ4n) is 4.01. The lowest BCUT2D eigenvalue weighted by Crippen LogP contribution is -2.53. The van der Waals surface area contributed by atoms with E-state index in [1.54, 1.807) is 23.0 Å². The molecule has 1 saturated heterocycles. The Morgan fingerprint density at radius 2 is 2.07 bits per heavy atom. The Hall–Kier alpha value is -0.460. The van der Waals surface area contributed by atoms with E-state index in [1.165, 1.54) is 32.1 Å². The van der Waals surface area contributed by atoms with Crippen molar-refractivity contribution in [1.82, 2.24) is 19.5 Å². The van der Waals surface area contributed by atoms with Crippen LogP contribution in [0.5, 0.6) is 0 Å². The van der Waals surface area contributed by atoms with Crippen LogP contribution in [0.1, 0.15) is 39.0 Å². The van der Waals surface area contributed by atoms with Crippen molar-refractivity contribution < 1.29 is 8.42 Å². The van der Waals surface area contributed by atoms with Crippen LogP contribution >= 0.6 is 35.7 Å². The third kappa shape index (κ3) is 6.76. The molecular weight excluding hydrogens is 521 g/mol. The van der Waals surface area contributed by atoms with Gasteiger partial charge >= 0.3 is 0 Å². The molecule has 3 rings (SSSR count). The summed E-state index contributed by atoms with van der Waals surface area (Å²) in [5, 5.41) is 3.39. The van der Waals surface area contributed by atoms with Crippen LogP contribution in [0.4, 0.5) is 0 Å². The highest BCUT2D eigenvalue weighted by Gasteiger charge is 2.38. The van der Waals surface area contributed by atoms with E-state index in [-0.39, 0.29) is 28.9 Å². The molecule has 10 heteroatoms. The van der Waals surface area contributed by atoms with E-state index in [0.717, 1.165) is 31.3 Å². The number of aliphatic imine (C=N–C) groups is 1. The summed E-state index contributed by atoms with van der Waals surface area (Å²) in [6, 6.07) is 1.60. The summed E-state index contributed by atoms with van der Waals surface area (Å²) >= 11 is 2.14. The van der Waals surface area contributed by atoms with Gasteiger partial charge in [0.05, 0.1) is 11.4 Å². The molecule has 0 bridgehead atoms. The first-order valence-electron chi connectivity index (χ1n) is 10.2. The normalized spacial score (nSPS) is 19.8. The van der Waals surface area contributed by atoms with Crippen molar-refractivity contribution in [3.63, 3.8) is 0 Å². The number of hydrogen-bond acceptors (Lipinski definition) is 4. The lowest BCUT2D eigenvalue weighted by atomic mass is 9.87. The highest BCUT2D eigenvalue weighted by atomic mass is 127. The third-order valence-electron chi connectivity index (χ3n) is 5.43. The molecule has 1 aromatic rings. The average Bonchev–Trinajstić information content (AvgIpc) is 3.12. The fourth-order valence-corrected chi connectivity index (χ4v) is 6.65. The van der Waals surface area contributed by atoms with Gasteiger partial charge in [0.25, 0.3) is 0 Å². The molecule has 2 N–H and O–H groups in total. The Labute approximate surface area is 196 Å². The fraction of sp³-hybridized carbons (Fsp3) is 0.737. The second-order valence-electron chi connectivity index (χ2n) is 7.66. The van der Waals surface area contributed by atoms with Crippen LogP contribution in [0.25, 0.3) is 0 Å². The molecule has 2 aliphatic rings. The number of halogens is 1. The molecule has 2 heterocycles. The van der Waals surface area contributed by atoms with E-state index in [2.05, 4.69) is 33.6 Å². The van der Waals surface area contributed by atoms with Crippen molar-refractivity contribution >= 4 is 51.7 Å². The largest absolute Gasteiger partial charge is 0.357 e. The van der Waals surface area contributed by atoms with Gasteiger partial charge in [0.15, 0.2) is 5.96 Å². The molecule has 0 amide bonds. The Kier molecular flexibility index (Phi) is 9.62. The van der Waals surface area contributed by atoms with Gasteiger partial charge in [-0.1, -0.05) is 19.3 Å². The number of sulfonamides is 1. The molecule has 29 heavy (non-hydrogen) atoms. The number of thioether (sulfide) groups is 1. The van der Waals surface area contributed by atoms with Crippen LogP contribution in [0.3, 0.4) is 0 Å². The first kappa shape index (κ1) is 24.8. The maximum atomic E-state index is 12.3. The van der Waals surface area contributed by atoms with Crippen LogP contribution < -0.4 is 10.0 Å². The molecule has 1 aromatic heterocycles. The van der Waals surface area contributed by atoms with E-state index in [0.29, 0.717) is 17.8 Å². The molecule has 0 aromatic carbocycles. The Balaban J connectivity index is 0.00000300. The number of rotatable bonds is 6. The molecule has 1 aliphatic carbocycles. The summed E-state index contributed by atoms with van der Waals surface area (Å²) in [6.07, 6.45) is 9.94. The van der Waals surface area contributed by atoms with Crippen molar-refractivity contribution in [2.24, 2.45) is 12.0 Å². The second-order valence-corrected chi connectivity index (χ2v) is 11.0. The van der Waals surface area contributed by atoms with Crippen molar-refractivity contribution in [2.45, 2.75) is 48.7 Å². The zero-order chi connectivity index (χ0) is 20.0. The minimum atomic E-state index is -3.47. The van der Waals surface area contributed by atoms with E-state index < -0.39 is 10.0 Å². The Morgan fingerprint density at radius 1 is 1.31 bits per heavy atom. The number of aryl methyl sites for hydroxylation is 1. The van der Waals surface area contributed by atoms with Crippen LogP contribution in [-0.2, 0) is 17.1 Å². The second kappa shape index (κ2) is 11.2. The van der Waals surface area contributed by atoms with Crippen molar-refractivity contribution in [1.29, 1.82) is 0 Å². The maximum Gasteiger partial charge on any atom is 0.242 e. The Bertz CT molecular complexity index is 770. The minimum absolute atomic E-state index is 0. The zero-order valence-electron chi connectivity index (χ0n) is 17.4. The molecule has 0 radical (unpaired) electrons. The molecular formula is C19H34IN5O2S2. The predicted molar refractivity (Wildman–Crippen MR) is 132 cm³/mol. The summed E-state index contributed by atoms with van der Waals surface area (Å²) < 4.78 is 29.4. The van der Waals surface area contributed by atoms with Gasteiger partial charge in [-0.05, 0) is 25.8 Å². The molecule has 0 atom stereocenters. The third-order valence-corrected chi connectivity index (χ3v) is 8.41. The first-order chi connectivity index (χ1) is 13.4. The quantitative estimate of drug-likeness (QED) is 0.244. The highest BCUT2D eigenvalue weighted by molar-refractivity contribution is 14.0. The molecule has 166 valence electrons. The molecule has 2 fully saturated rings. The number of nitrogens with one attached hydrogen (secondary N) is 2. The predicted octanol–water partition coefficient (Wildman–Crippen LogP) is 2.64. The maximum absolute atomic E-state index is 12.3. The van der Waals surface area contributed by atoms with Crippen LogP contribution in [-0.4, -0.2) is 67.1 Å². The minimum Gasteiger partial charge on any atom is -0.357 e. The molecule has 0 unspecified atom stereocenters. The van der Waals surface area contributed by atoms with E-state index in [9.17, 15) is 8.42 Å². The summed E-state index contributed by atoms with van der Waals surface area (Å²) in [5.74, 6) is 2.04. The Morgan fingerprint density at radius 3 is 2.72 bits per heavy atom. The molecule has 1 spiro atoms. The zero-order valence-corrected chi connectivity index (χ0v) is 21.4. The smallest absolute Gasteiger partial charge is 0.242 e. The number of hydrogen-bond donors (Lipinski definition) is 2. The van der Waals surface area contributed by atoms with Crippen LogP contribution in [0.2, 0.25) is 0 Å². The summed E-state index contributed by atoms with van der Waals surface area (Å²) in [7, 11) is -1.67. The molecule has 1 saturated carbocycles. The van der Waals surface area contributed by atoms with Crippen LogP contribution in [0.15, 0.2) is 28.3 Å². The standard InChI is InChI=1S/C19H33N5O2S2.HI/c1-3-20-18(24-13-14-27-19(16-24)8-5-4-6-9-19)21-10-11-22-28(25,26)17-7-12-23(2)15-17;/h7,12,15,22H,3-6,8-11,13-14,16H2,1-2H3,(H,20,21);1H. The SMILES string of the molecule is CCNC(=NCCNS(=O)(=O)c1ccn(C)c1)N1CCSC2(CCCCC2)C1.I. The van der Waals surface area contributed by atoms with E-state index >= 15 is 0 Å².